The fraction of sp³-hybridized carbons (Fsp3) is 0.148. The number of hydrogen-bond acceptors (Lipinski definition) is 4. The van der Waals surface area contributed by atoms with Crippen LogP contribution < -0.4 is 16.2 Å². The lowest BCUT2D eigenvalue weighted by Gasteiger charge is -2.20. The molecule has 1 aliphatic rings. The molecule has 5 N–H and O–H groups in total. The van der Waals surface area contributed by atoms with Crippen molar-refractivity contribution in [2.75, 3.05) is 6.54 Å². The van der Waals surface area contributed by atoms with E-state index in [4.69, 9.17) is 10.5 Å². The lowest BCUT2D eigenvalue weighted by molar-refractivity contribution is 0.434. The summed E-state index contributed by atoms with van der Waals surface area (Å²) in [6.45, 7) is 0.574. The van der Waals surface area contributed by atoms with E-state index in [-0.39, 0.29) is 5.88 Å². The molecule has 3 aromatic carbocycles. The normalized spacial score (nSPS) is 12.4. The first-order valence-electron chi connectivity index (χ1n) is 11.3. The summed E-state index contributed by atoms with van der Waals surface area (Å²) < 4.78 is 7.35. The Morgan fingerprint density at radius 1 is 1.03 bits per heavy atom. The van der Waals surface area contributed by atoms with Crippen LogP contribution >= 0.6 is 0 Å². The van der Waals surface area contributed by atoms with Crippen LogP contribution in [0.1, 0.15) is 27.9 Å². The molecule has 170 valence electrons. The molecule has 0 bridgehead atoms. The highest BCUT2D eigenvalue weighted by Gasteiger charge is 2.20. The molecule has 0 atom stereocenters. The number of benzene rings is 3. The second-order valence-electron chi connectivity index (χ2n) is 8.66. The molecule has 6 rings (SSSR count). The summed E-state index contributed by atoms with van der Waals surface area (Å²) in [4.78, 5) is 18.9. The third-order valence-corrected chi connectivity index (χ3v) is 6.45. The molecule has 0 saturated heterocycles. The zero-order chi connectivity index (χ0) is 23.2. The first-order chi connectivity index (χ1) is 16.6. The molecule has 0 fully saturated rings. The minimum absolute atomic E-state index is 0.0995. The van der Waals surface area contributed by atoms with Gasteiger partial charge < -0.3 is 25.5 Å². The van der Waals surface area contributed by atoms with E-state index in [0.717, 1.165) is 51.7 Å². The van der Waals surface area contributed by atoms with Crippen LogP contribution in [-0.4, -0.2) is 26.2 Å². The Labute approximate surface area is 195 Å². The molecule has 3 heterocycles. The monoisotopic (exact) mass is 452 g/mol. The van der Waals surface area contributed by atoms with E-state index in [1.165, 1.54) is 4.57 Å². The lowest BCUT2D eigenvalue weighted by Crippen LogP contribution is -2.15. The van der Waals surface area contributed by atoms with Gasteiger partial charge in [0.25, 0.3) is 0 Å². The molecular formula is C27H24N4O3. The summed E-state index contributed by atoms with van der Waals surface area (Å²) in [6, 6.07) is 19.6. The van der Waals surface area contributed by atoms with Crippen molar-refractivity contribution in [3.05, 3.63) is 105 Å². The summed E-state index contributed by atoms with van der Waals surface area (Å²) in [5, 5.41) is 12.1. The van der Waals surface area contributed by atoms with Crippen molar-refractivity contribution in [3.8, 4) is 23.1 Å². The van der Waals surface area contributed by atoms with Gasteiger partial charge in [0.15, 0.2) is 0 Å². The molecule has 5 aromatic rings. The number of nitrogens with two attached hydrogens (primary N) is 1. The maximum Gasteiger partial charge on any atom is 0.333 e. The van der Waals surface area contributed by atoms with Crippen molar-refractivity contribution in [1.82, 2.24) is 14.5 Å². The van der Waals surface area contributed by atoms with Crippen molar-refractivity contribution in [2.24, 2.45) is 5.73 Å². The van der Waals surface area contributed by atoms with Gasteiger partial charge in [-0.1, -0.05) is 30.3 Å². The number of para-hydroxylation sites is 1. The predicted molar refractivity (Wildman–Crippen MR) is 131 cm³/mol. The molecule has 0 amide bonds. The predicted octanol–water partition coefficient (Wildman–Crippen LogP) is 4.14. The number of ether oxygens (including phenoxy) is 1. The van der Waals surface area contributed by atoms with E-state index in [1.54, 1.807) is 6.07 Å². The minimum atomic E-state index is -0.393. The first kappa shape index (κ1) is 20.4. The van der Waals surface area contributed by atoms with Gasteiger partial charge in [0.2, 0.25) is 5.88 Å². The van der Waals surface area contributed by atoms with E-state index in [0.29, 0.717) is 30.1 Å². The maximum atomic E-state index is 12.8. The molecule has 0 unspecified atom stereocenters. The Kier molecular flexibility index (Phi) is 4.78. The van der Waals surface area contributed by atoms with Gasteiger partial charge in [-0.15, -0.1) is 0 Å². The van der Waals surface area contributed by atoms with Crippen LogP contribution in [0.5, 0.6) is 17.4 Å². The number of H-pyrrole nitrogens is 2. The van der Waals surface area contributed by atoms with Gasteiger partial charge >= 0.3 is 5.69 Å². The second kappa shape index (κ2) is 7.97. The lowest BCUT2D eigenvalue weighted by atomic mass is 10.00. The standard InChI is InChI=1S/C27H24N4O3/c28-10-9-19-15-29-22-8-5-16(11-21(19)22)12-23-26(32)31(27(33)30-23)20-7-6-18-13-17-3-1-2-4-24(17)34-25(18)14-20/h1-8,11,14-15,29,32H,9-10,12-13,28H2,(H,30,33). The molecule has 0 spiro atoms. The minimum Gasteiger partial charge on any atom is -0.493 e. The van der Waals surface area contributed by atoms with Gasteiger partial charge in [0.1, 0.15) is 11.5 Å². The summed E-state index contributed by atoms with van der Waals surface area (Å²) in [5.74, 6) is 1.40. The molecule has 0 saturated carbocycles. The Balaban J connectivity index is 1.33. The Morgan fingerprint density at radius 3 is 2.76 bits per heavy atom. The average Bonchev–Trinajstić information content (AvgIpc) is 3.37. The topological polar surface area (TPSA) is 109 Å². The molecule has 7 heteroatoms. The fourth-order valence-electron chi connectivity index (χ4n) is 4.73. The van der Waals surface area contributed by atoms with Gasteiger partial charge in [-0.25, -0.2) is 9.36 Å². The Hall–Kier alpha value is -4.23. The first-order valence-corrected chi connectivity index (χ1v) is 11.3. The van der Waals surface area contributed by atoms with E-state index in [1.807, 2.05) is 54.7 Å². The van der Waals surface area contributed by atoms with Crippen LogP contribution in [0.15, 0.2) is 71.7 Å². The van der Waals surface area contributed by atoms with E-state index < -0.39 is 5.69 Å². The number of rotatable bonds is 5. The number of nitrogens with one attached hydrogen (secondary N) is 2. The number of fused-ring (bicyclic) bond motifs is 3. The van der Waals surface area contributed by atoms with Crippen LogP contribution in [0.25, 0.3) is 16.6 Å². The highest BCUT2D eigenvalue weighted by molar-refractivity contribution is 5.84. The molecule has 0 aliphatic carbocycles. The zero-order valence-electron chi connectivity index (χ0n) is 18.5. The van der Waals surface area contributed by atoms with E-state index in [9.17, 15) is 9.90 Å². The van der Waals surface area contributed by atoms with Crippen molar-refractivity contribution >= 4 is 10.9 Å². The summed E-state index contributed by atoms with van der Waals surface area (Å²) in [5.41, 5.74) is 11.7. The SMILES string of the molecule is NCCc1c[nH]c2ccc(Cc3[nH]c(=O)n(-c4ccc5c(c4)Oc4ccccc4C5)c3O)cc12. The quantitative estimate of drug-likeness (QED) is 0.315. The molecule has 7 nitrogen and oxygen atoms in total. The average molecular weight is 453 g/mol. The van der Waals surface area contributed by atoms with Gasteiger partial charge in [0.05, 0.1) is 11.4 Å². The van der Waals surface area contributed by atoms with Crippen LogP contribution in [0.2, 0.25) is 0 Å². The highest BCUT2D eigenvalue weighted by Crippen LogP contribution is 2.37. The van der Waals surface area contributed by atoms with Crippen LogP contribution in [0.4, 0.5) is 0 Å². The number of nitrogens with zero attached hydrogens (tertiary/aromatic N) is 1. The molecular weight excluding hydrogens is 428 g/mol. The van der Waals surface area contributed by atoms with Crippen molar-refractivity contribution < 1.29 is 9.84 Å². The van der Waals surface area contributed by atoms with Gasteiger partial charge in [-0.2, -0.15) is 0 Å². The molecule has 1 aliphatic heterocycles. The second-order valence-corrected chi connectivity index (χ2v) is 8.66. The van der Waals surface area contributed by atoms with Gasteiger partial charge in [-0.05, 0) is 59.5 Å². The smallest absolute Gasteiger partial charge is 0.333 e. The third kappa shape index (κ3) is 3.38. The third-order valence-electron chi connectivity index (χ3n) is 6.45. The van der Waals surface area contributed by atoms with Crippen molar-refractivity contribution in [3.63, 3.8) is 0 Å². The van der Waals surface area contributed by atoms with Crippen molar-refractivity contribution in [1.29, 1.82) is 0 Å². The summed E-state index contributed by atoms with van der Waals surface area (Å²) >= 11 is 0. The fourth-order valence-corrected chi connectivity index (χ4v) is 4.73. The highest BCUT2D eigenvalue weighted by atomic mass is 16.5. The Morgan fingerprint density at radius 2 is 1.88 bits per heavy atom. The number of aromatic hydroxyl groups is 1. The molecule has 2 aromatic heterocycles. The Bertz CT molecular complexity index is 1590. The van der Waals surface area contributed by atoms with Gasteiger partial charge in [0, 0.05) is 36.0 Å². The number of aromatic nitrogens is 3. The van der Waals surface area contributed by atoms with Crippen LogP contribution in [-0.2, 0) is 19.3 Å². The van der Waals surface area contributed by atoms with Gasteiger partial charge in [-0.3, -0.25) is 0 Å². The number of imidazole rings is 1. The molecule has 34 heavy (non-hydrogen) atoms. The number of hydrogen-bond donors (Lipinski definition) is 4. The largest absolute Gasteiger partial charge is 0.493 e. The van der Waals surface area contributed by atoms with Crippen molar-refractivity contribution in [2.45, 2.75) is 19.3 Å². The summed E-state index contributed by atoms with van der Waals surface area (Å²) in [7, 11) is 0. The van der Waals surface area contributed by atoms with Crippen LogP contribution in [0.3, 0.4) is 0 Å². The summed E-state index contributed by atoms with van der Waals surface area (Å²) in [6.07, 6.45) is 3.92. The maximum absolute atomic E-state index is 12.8. The van der Waals surface area contributed by atoms with E-state index in [2.05, 4.69) is 16.0 Å². The zero-order valence-corrected chi connectivity index (χ0v) is 18.5. The number of aromatic amines is 2. The van der Waals surface area contributed by atoms with Crippen LogP contribution in [0, 0.1) is 0 Å². The molecule has 0 radical (unpaired) electrons. The van der Waals surface area contributed by atoms with E-state index >= 15 is 0 Å².